The van der Waals surface area contributed by atoms with Crippen LogP contribution in [-0.4, -0.2) is 20.6 Å². The fraction of sp³-hybridized carbons (Fsp3) is 0.368. The predicted molar refractivity (Wildman–Crippen MR) is 108 cm³/mol. The quantitative estimate of drug-likeness (QED) is 0.494. The molecule has 0 aliphatic rings. The molecule has 1 aromatic carbocycles. The van der Waals surface area contributed by atoms with Crippen LogP contribution in [0.15, 0.2) is 41.0 Å². The number of fused-ring (bicyclic) bond motifs is 1. The molecule has 3 rings (SSSR count). The summed E-state index contributed by atoms with van der Waals surface area (Å²) in [7, 11) is 0. The molecule has 3 aromatic rings. The molecule has 0 fully saturated rings. The molecule has 0 amide bonds. The van der Waals surface area contributed by atoms with E-state index in [1.807, 2.05) is 34.8 Å². The first-order valence-electron chi connectivity index (χ1n) is 8.69. The summed E-state index contributed by atoms with van der Waals surface area (Å²) in [6.45, 7) is 4.43. The van der Waals surface area contributed by atoms with Gasteiger partial charge in [-0.15, -0.1) is 0 Å². The summed E-state index contributed by atoms with van der Waals surface area (Å²) in [4.78, 5) is 4.75. The van der Waals surface area contributed by atoms with Crippen molar-refractivity contribution >= 4 is 39.0 Å². The third kappa shape index (κ3) is 3.98. The summed E-state index contributed by atoms with van der Waals surface area (Å²) in [5.74, 6) is 0.942. The Hall–Kier alpha value is -1.59. The minimum absolute atomic E-state index is 0.419. The average Bonchev–Trinajstić information content (AvgIpc) is 2.97. The lowest BCUT2D eigenvalue weighted by Gasteiger charge is -2.20. The molecule has 0 bridgehead atoms. The fourth-order valence-corrected chi connectivity index (χ4v) is 3.62. The lowest BCUT2D eigenvalue weighted by molar-refractivity contribution is 0.582. The largest absolute Gasteiger partial charge is 0.367 e. The number of benzene rings is 1. The van der Waals surface area contributed by atoms with Crippen LogP contribution in [0, 0.1) is 0 Å². The van der Waals surface area contributed by atoms with Crippen LogP contribution >= 0.6 is 27.5 Å². The molecule has 0 spiro atoms. The van der Waals surface area contributed by atoms with E-state index < -0.39 is 0 Å². The van der Waals surface area contributed by atoms with Gasteiger partial charge in [0.1, 0.15) is 5.82 Å². The number of hydrogen-bond acceptors (Lipinski definition) is 3. The molecule has 1 N–H and O–H groups in total. The fourth-order valence-electron chi connectivity index (χ4n) is 3.04. The molecule has 0 saturated heterocycles. The number of hydrogen-bond donors (Lipinski definition) is 1. The van der Waals surface area contributed by atoms with E-state index >= 15 is 0 Å². The maximum Gasteiger partial charge on any atom is 0.172 e. The second kappa shape index (κ2) is 8.19. The zero-order valence-electron chi connectivity index (χ0n) is 14.5. The van der Waals surface area contributed by atoms with Gasteiger partial charge in [-0.25, -0.2) is 4.98 Å². The molecule has 0 aliphatic carbocycles. The number of aromatic nitrogens is 3. The molecule has 2 aromatic heterocycles. The summed E-state index contributed by atoms with van der Waals surface area (Å²) in [5.41, 5.74) is 2.55. The van der Waals surface area contributed by atoms with Crippen molar-refractivity contribution in [1.82, 2.24) is 14.6 Å². The van der Waals surface area contributed by atoms with E-state index in [1.165, 1.54) is 0 Å². The minimum Gasteiger partial charge on any atom is -0.367 e. The van der Waals surface area contributed by atoms with Gasteiger partial charge in [-0.2, -0.15) is 9.61 Å². The van der Waals surface area contributed by atoms with Crippen LogP contribution in [0.25, 0.3) is 16.9 Å². The molecule has 0 aliphatic heterocycles. The Morgan fingerprint density at radius 3 is 2.60 bits per heavy atom. The molecular formula is C19H22BrClN4. The van der Waals surface area contributed by atoms with Gasteiger partial charge < -0.3 is 5.32 Å². The number of halogens is 2. The third-order valence-corrected chi connectivity index (χ3v) is 5.09. The monoisotopic (exact) mass is 420 g/mol. The molecule has 2 heterocycles. The Bertz CT molecular complexity index is 856. The van der Waals surface area contributed by atoms with Crippen molar-refractivity contribution in [1.29, 1.82) is 0 Å². The highest BCUT2D eigenvalue weighted by Crippen LogP contribution is 2.30. The first-order valence-corrected chi connectivity index (χ1v) is 9.86. The zero-order chi connectivity index (χ0) is 17.8. The van der Waals surface area contributed by atoms with E-state index in [4.69, 9.17) is 16.6 Å². The lowest BCUT2D eigenvalue weighted by atomic mass is 10.1. The van der Waals surface area contributed by atoms with Gasteiger partial charge in [0.15, 0.2) is 5.65 Å². The van der Waals surface area contributed by atoms with Gasteiger partial charge in [0, 0.05) is 22.7 Å². The molecule has 0 atom stereocenters. The highest BCUT2D eigenvalue weighted by molar-refractivity contribution is 9.10. The standard InChI is InChI=1S/C19H22BrClN4/c1-3-7-13(8-4-2)23-18-11-17(14-9-5-6-10-16(14)21)24-19-15(20)12-22-25(18)19/h5-6,9-13,23H,3-4,7-8H2,1-2H3. The Kier molecular flexibility index (Phi) is 5.97. The van der Waals surface area contributed by atoms with E-state index in [0.717, 1.165) is 52.9 Å². The maximum absolute atomic E-state index is 6.39. The summed E-state index contributed by atoms with van der Waals surface area (Å²) in [5, 5.41) is 8.82. The second-order valence-electron chi connectivity index (χ2n) is 6.15. The minimum atomic E-state index is 0.419. The first-order chi connectivity index (χ1) is 12.1. The van der Waals surface area contributed by atoms with Crippen molar-refractivity contribution in [3.8, 4) is 11.3 Å². The molecule has 25 heavy (non-hydrogen) atoms. The van der Waals surface area contributed by atoms with Gasteiger partial charge in [0.25, 0.3) is 0 Å². The Balaban J connectivity index is 2.09. The highest BCUT2D eigenvalue weighted by Gasteiger charge is 2.15. The summed E-state index contributed by atoms with van der Waals surface area (Å²) in [6.07, 6.45) is 6.32. The van der Waals surface area contributed by atoms with E-state index in [9.17, 15) is 0 Å². The van der Waals surface area contributed by atoms with Gasteiger partial charge in [-0.1, -0.05) is 56.5 Å². The second-order valence-corrected chi connectivity index (χ2v) is 7.41. The van der Waals surface area contributed by atoms with Crippen molar-refractivity contribution in [2.75, 3.05) is 5.32 Å². The van der Waals surface area contributed by atoms with Crippen molar-refractivity contribution in [3.63, 3.8) is 0 Å². The number of rotatable bonds is 7. The van der Waals surface area contributed by atoms with Gasteiger partial charge in [0.2, 0.25) is 0 Å². The van der Waals surface area contributed by atoms with Gasteiger partial charge in [-0.05, 0) is 34.8 Å². The molecule has 6 heteroatoms. The molecule has 0 unspecified atom stereocenters. The van der Waals surface area contributed by atoms with Crippen LogP contribution in [0.5, 0.6) is 0 Å². The number of nitrogens with one attached hydrogen (secondary N) is 1. The van der Waals surface area contributed by atoms with E-state index in [-0.39, 0.29) is 0 Å². The zero-order valence-corrected chi connectivity index (χ0v) is 16.8. The van der Waals surface area contributed by atoms with Crippen LogP contribution in [0.3, 0.4) is 0 Å². The molecule has 132 valence electrons. The van der Waals surface area contributed by atoms with Gasteiger partial charge >= 0.3 is 0 Å². The number of nitrogens with zero attached hydrogens (tertiary/aromatic N) is 3. The smallest absolute Gasteiger partial charge is 0.172 e. The van der Waals surface area contributed by atoms with Gasteiger partial charge in [-0.3, -0.25) is 0 Å². The molecule has 0 radical (unpaired) electrons. The van der Waals surface area contributed by atoms with Crippen molar-refractivity contribution in [3.05, 3.63) is 46.0 Å². The first kappa shape index (κ1) is 18.2. The Morgan fingerprint density at radius 1 is 1.20 bits per heavy atom. The summed E-state index contributed by atoms with van der Waals surface area (Å²) in [6, 6.07) is 10.2. The van der Waals surface area contributed by atoms with Crippen LogP contribution in [0.1, 0.15) is 39.5 Å². The average molecular weight is 422 g/mol. The van der Waals surface area contributed by atoms with E-state index in [2.05, 4.69) is 40.2 Å². The molecule has 4 nitrogen and oxygen atoms in total. The Morgan fingerprint density at radius 2 is 1.92 bits per heavy atom. The van der Waals surface area contributed by atoms with Crippen LogP contribution in [0.2, 0.25) is 5.02 Å². The third-order valence-electron chi connectivity index (χ3n) is 4.20. The Labute approximate surface area is 161 Å². The summed E-state index contributed by atoms with van der Waals surface area (Å²) < 4.78 is 2.72. The van der Waals surface area contributed by atoms with E-state index in [1.54, 1.807) is 6.20 Å². The highest BCUT2D eigenvalue weighted by atomic mass is 79.9. The van der Waals surface area contributed by atoms with Gasteiger partial charge in [0.05, 0.1) is 16.4 Å². The van der Waals surface area contributed by atoms with Crippen molar-refractivity contribution in [2.24, 2.45) is 0 Å². The topological polar surface area (TPSA) is 42.2 Å². The normalized spacial score (nSPS) is 11.4. The van der Waals surface area contributed by atoms with Crippen LogP contribution in [0.4, 0.5) is 5.82 Å². The summed E-state index contributed by atoms with van der Waals surface area (Å²) >= 11 is 9.93. The number of anilines is 1. The maximum atomic E-state index is 6.39. The predicted octanol–water partition coefficient (Wildman–Crippen LogP) is 6.19. The molecular weight excluding hydrogens is 400 g/mol. The van der Waals surface area contributed by atoms with Crippen LogP contribution < -0.4 is 5.32 Å². The van der Waals surface area contributed by atoms with Crippen molar-refractivity contribution < 1.29 is 0 Å². The van der Waals surface area contributed by atoms with Crippen molar-refractivity contribution in [2.45, 2.75) is 45.6 Å². The SMILES string of the molecule is CCCC(CCC)Nc1cc(-c2ccccc2Cl)nc2c(Br)cnn12. The van der Waals surface area contributed by atoms with E-state index in [0.29, 0.717) is 11.1 Å². The molecule has 0 saturated carbocycles. The van der Waals surface area contributed by atoms with Crippen LogP contribution in [-0.2, 0) is 0 Å². The lowest BCUT2D eigenvalue weighted by Crippen LogP contribution is -2.21.